The third kappa shape index (κ3) is 34.6. The van der Waals surface area contributed by atoms with Crippen LogP contribution in [0.2, 0.25) is 0 Å². The molecule has 37 nitrogen and oxygen atoms in total. The summed E-state index contributed by atoms with van der Waals surface area (Å²) in [5, 5.41) is 71.5. The largest absolute Gasteiger partial charge is 0.480 e. The van der Waals surface area contributed by atoms with Gasteiger partial charge in [-0.15, -0.1) is 0 Å². The van der Waals surface area contributed by atoms with Gasteiger partial charge in [-0.25, -0.2) is 4.79 Å². The van der Waals surface area contributed by atoms with Crippen molar-refractivity contribution < 1.29 is 112 Å². The third-order valence-electron chi connectivity index (χ3n) is 19.9. The number of fused-ring (bicyclic) bond motifs is 4. The van der Waals surface area contributed by atoms with E-state index in [-0.39, 0.29) is 166 Å². The molecule has 6 rings (SSSR count). The Morgan fingerprint density at radius 2 is 1.12 bits per heavy atom. The van der Waals surface area contributed by atoms with Crippen LogP contribution in [0.1, 0.15) is 127 Å². The maximum absolute atomic E-state index is 15.1. The van der Waals surface area contributed by atoms with E-state index < -0.39 is 156 Å². The highest BCUT2D eigenvalue weighted by atomic mass is 32.2. The molecule has 10 atom stereocenters. The second kappa shape index (κ2) is 51.9. The summed E-state index contributed by atoms with van der Waals surface area (Å²) in [6.45, 7) is 6.48. The maximum Gasteiger partial charge on any atom is 0.327 e. The van der Waals surface area contributed by atoms with Gasteiger partial charge in [0.25, 0.3) is 0 Å². The van der Waals surface area contributed by atoms with Crippen molar-refractivity contribution >= 4 is 112 Å². The van der Waals surface area contributed by atoms with Gasteiger partial charge in [0.1, 0.15) is 54.4 Å². The van der Waals surface area contributed by atoms with E-state index in [4.69, 9.17) is 19.9 Å². The summed E-state index contributed by atoms with van der Waals surface area (Å²) >= 11 is 2.51. The number of ether oxygens (including phenoxy) is 3. The molecule has 116 heavy (non-hydrogen) atoms. The number of hydrogen-bond donors (Lipinski definition) is 14. The highest BCUT2D eigenvalue weighted by Gasteiger charge is 2.45. The lowest BCUT2D eigenvalue weighted by Gasteiger charge is -2.34. The maximum atomic E-state index is 15.1. The lowest BCUT2D eigenvalue weighted by atomic mass is 10.0. The van der Waals surface area contributed by atoms with Crippen molar-refractivity contribution in [3.8, 4) is 0 Å². The molecule has 0 saturated carbocycles. The van der Waals surface area contributed by atoms with Crippen molar-refractivity contribution in [2.75, 3.05) is 130 Å². The fourth-order valence-corrected chi connectivity index (χ4v) is 15.7. The first-order valence-corrected chi connectivity index (χ1v) is 41.9. The molecule has 4 heterocycles. The normalized spacial score (nSPS) is 21.8. The van der Waals surface area contributed by atoms with Crippen LogP contribution in [0.3, 0.4) is 0 Å². The number of thioether (sulfide) groups is 2. The van der Waals surface area contributed by atoms with E-state index in [0.717, 1.165) is 11.1 Å². The van der Waals surface area contributed by atoms with E-state index >= 15 is 4.79 Å². The predicted molar refractivity (Wildman–Crippen MR) is 425 cm³/mol. The fourth-order valence-electron chi connectivity index (χ4n) is 13.7. The number of amides is 11. The van der Waals surface area contributed by atoms with Gasteiger partial charge in [-0.3, -0.25) is 81.8 Å². The molecule has 0 spiro atoms. The minimum Gasteiger partial charge on any atom is -0.480 e. The Hall–Kier alpha value is -9.09. The van der Waals surface area contributed by atoms with Crippen molar-refractivity contribution in [1.29, 1.82) is 0 Å². The van der Waals surface area contributed by atoms with Crippen molar-refractivity contribution in [2.24, 2.45) is 5.73 Å². The average Bonchev–Trinajstić information content (AvgIpc) is 1.61. The predicted octanol–water partition coefficient (Wildman–Crippen LogP) is -1.61. The van der Waals surface area contributed by atoms with E-state index in [1.54, 1.807) is 45.0 Å². The highest BCUT2D eigenvalue weighted by Crippen LogP contribution is 2.28. The first-order valence-electron chi connectivity index (χ1n) is 39.6. The number of carboxylic acid groups (broad SMARTS) is 4. The summed E-state index contributed by atoms with van der Waals surface area (Å²) in [7, 11) is 0. The molecule has 4 aliphatic heterocycles. The Morgan fingerprint density at radius 1 is 0.578 bits per heavy atom. The highest BCUT2D eigenvalue weighted by molar-refractivity contribution is 7.98. The fraction of sp³-hybridized carbons (Fsp3) is 0.649. The van der Waals surface area contributed by atoms with Crippen LogP contribution in [0, 0.1) is 0 Å². The molecule has 2 aromatic rings. The summed E-state index contributed by atoms with van der Waals surface area (Å²) < 4.78 is 16.8. The van der Waals surface area contributed by atoms with Gasteiger partial charge in [0, 0.05) is 134 Å². The Morgan fingerprint density at radius 3 is 1.69 bits per heavy atom. The second-order valence-corrected chi connectivity index (χ2v) is 31.1. The number of aliphatic carboxylic acids is 4. The van der Waals surface area contributed by atoms with E-state index in [2.05, 4.69) is 42.5 Å². The summed E-state index contributed by atoms with van der Waals surface area (Å²) in [6, 6.07) is 3.94. The number of aliphatic hydroxyl groups excluding tert-OH is 1. The first-order chi connectivity index (χ1) is 55.6. The molecule has 644 valence electrons. The van der Waals surface area contributed by atoms with Crippen LogP contribution in [-0.4, -0.2) is 329 Å². The van der Waals surface area contributed by atoms with E-state index in [9.17, 15) is 92.7 Å². The van der Waals surface area contributed by atoms with Crippen LogP contribution < -0.4 is 48.3 Å². The molecule has 2 bridgehead atoms. The number of aliphatic hydroxyl groups is 1. The molecular formula is C77H116N14O23S2. The van der Waals surface area contributed by atoms with Gasteiger partial charge in [0.05, 0.1) is 45.6 Å². The molecule has 0 aromatic heterocycles. The first kappa shape index (κ1) is 95.8. The summed E-state index contributed by atoms with van der Waals surface area (Å²) in [5.41, 5.74) is 7.65. The van der Waals surface area contributed by atoms with Gasteiger partial charge >= 0.3 is 23.9 Å². The Kier molecular flexibility index (Phi) is 42.8. The number of carbonyl (C=O) groups excluding carboxylic acids is 11. The Labute approximate surface area is 683 Å². The summed E-state index contributed by atoms with van der Waals surface area (Å²) in [6.07, 6.45) is 0.128. The number of carboxylic acids is 4. The Balaban J connectivity index is 0.988. The number of nitrogens with zero attached hydrogens (tertiary/aromatic N) is 5. The zero-order valence-electron chi connectivity index (χ0n) is 66.1. The van der Waals surface area contributed by atoms with Gasteiger partial charge in [0.2, 0.25) is 65.0 Å². The van der Waals surface area contributed by atoms with Crippen LogP contribution in [0.15, 0.2) is 54.6 Å². The van der Waals surface area contributed by atoms with Gasteiger partial charge in [-0.2, -0.15) is 23.5 Å². The minimum atomic E-state index is -1.75. The van der Waals surface area contributed by atoms with Crippen LogP contribution >= 0.6 is 23.5 Å². The number of benzene rings is 2. The molecular weight excluding hydrogens is 1550 g/mol. The van der Waals surface area contributed by atoms with Crippen LogP contribution in [-0.2, 0) is 104 Å². The molecule has 0 aliphatic carbocycles. The second-order valence-electron chi connectivity index (χ2n) is 29.0. The number of primary amides is 1. The number of nitrogens with one attached hydrogen (secondary N) is 8. The minimum absolute atomic E-state index is 0.00957. The summed E-state index contributed by atoms with van der Waals surface area (Å²) in [4.78, 5) is 208. The van der Waals surface area contributed by atoms with Gasteiger partial charge in [-0.1, -0.05) is 74.4 Å². The molecule has 3 fully saturated rings. The zero-order chi connectivity index (χ0) is 84.5. The van der Waals surface area contributed by atoms with Crippen molar-refractivity contribution in [2.45, 2.75) is 189 Å². The summed E-state index contributed by atoms with van der Waals surface area (Å²) in [5.74, 6) is -12.0. The molecule has 11 amide bonds. The van der Waals surface area contributed by atoms with Gasteiger partial charge < -0.3 is 97.8 Å². The Bertz CT molecular complexity index is 3560. The lowest BCUT2D eigenvalue weighted by molar-refractivity contribution is -0.148. The number of hydrogen-bond acceptors (Lipinski definition) is 24. The number of nitrogens with two attached hydrogens (primary N) is 1. The van der Waals surface area contributed by atoms with Crippen LogP contribution in [0.25, 0.3) is 0 Å². The SMILES string of the molecule is CCCC[C@H](NC(=O)CCC(=O)NCCCOCCOCCOCCCNC(=O)CCC(C(=O)O)N1CCN(CC(=O)O)CCN(CC(=O)O)CC1)C(=O)N[C@H]1CSCc2cccc(c2)CSCC(C(=O)O)NC(=O)[C@H](Cc2ccccc2)NC(=O)[C@H](CCC(N)=O)NC(=O)[C@H]([C@@H](C)O)NC(=O)[C@@H]2CCCN2C(=O)[C@@H]2CCCN2C1=O. The van der Waals surface area contributed by atoms with Crippen molar-refractivity contribution in [1.82, 2.24) is 67.0 Å². The molecule has 0 radical (unpaired) electrons. The number of carbonyl (C=O) groups is 15. The van der Waals surface area contributed by atoms with E-state index in [0.29, 0.717) is 76.1 Å². The number of rotatable bonds is 39. The van der Waals surface area contributed by atoms with Crippen molar-refractivity contribution in [3.05, 3.63) is 71.3 Å². The topological polar surface area (TPSA) is 523 Å². The third-order valence-corrected chi connectivity index (χ3v) is 22.1. The molecule has 4 aliphatic rings. The van der Waals surface area contributed by atoms with Gasteiger partial charge in [0.15, 0.2) is 0 Å². The van der Waals surface area contributed by atoms with Crippen molar-refractivity contribution in [3.63, 3.8) is 0 Å². The standard InChI is InChI=1S/C77H116N14O23S2/c1-3-4-17-54(81-65(96)25-24-64(95)80-27-12-37-113-39-41-114-40-38-112-36-11-26-79-63(94)23-21-61(77(110)111)89-34-32-87(44-66(97)98)30-31-88(33-35-89)45-67(99)100)69(101)84-57-48-115-46-52-15-8-16-53(42-52)47-116-49-58(76(108)109)85-71(103)56(43-51-13-6-5-7-14-51)83-70(102)55(20-22-62(78)93)82-73(105)68(50(2)92)86-72(104)59-18-9-28-90(59)75(107)60-19-10-29-91(60)74(57)106/h5-8,13-16,42,50,54-61,68,92H,3-4,9-12,17-41,43-49H2,1-2H3,(H2,78,93)(H,79,94)(H,80,95)(H,81,96)(H,82,105)(H,83,102)(H,84,101)(H,85,103)(H,86,104)(H,97,98)(H,99,100)(H,108,109)(H,110,111)/t50-,54+,55+,56+,57+,58?,59+,60+,61?,68+/m1/s1. The van der Waals surface area contributed by atoms with Crippen LogP contribution in [0.4, 0.5) is 0 Å². The smallest absolute Gasteiger partial charge is 0.327 e. The van der Waals surface area contributed by atoms with E-state index in [1.165, 1.54) is 40.2 Å². The molecule has 3 saturated heterocycles. The quantitative estimate of drug-likeness (QED) is 0.0335. The number of unbranched alkanes of at least 4 members (excludes halogenated alkanes) is 1. The zero-order valence-corrected chi connectivity index (χ0v) is 67.7. The lowest BCUT2D eigenvalue weighted by Crippen LogP contribution is -2.61. The monoisotopic (exact) mass is 1670 g/mol. The van der Waals surface area contributed by atoms with E-state index in [1.807, 2.05) is 31.2 Å². The molecule has 2 aromatic carbocycles. The average molecular weight is 1670 g/mol. The molecule has 15 N–H and O–H groups in total. The molecule has 39 heteroatoms. The van der Waals surface area contributed by atoms with Crippen LogP contribution in [0.5, 0.6) is 0 Å². The molecule has 2 unspecified atom stereocenters. The van der Waals surface area contributed by atoms with Gasteiger partial charge in [-0.05, 0) is 81.4 Å².